The minimum atomic E-state index is 0.413. The fourth-order valence-electron chi connectivity index (χ4n) is 3.78. The summed E-state index contributed by atoms with van der Waals surface area (Å²) >= 11 is 13.6. The molecule has 2 rings (SSSR count). The van der Waals surface area contributed by atoms with E-state index in [1.54, 1.807) is 36.5 Å². The second-order valence-electron chi connectivity index (χ2n) is 7.23. The molecule has 2 aromatic rings. The SMILES string of the molecule is C=CCc1cc(Cc2cc(CC=C)c(N=C=O)c(CC=C)c2Cl)c(Cl)c(CC=C)c1N=C=O. The topological polar surface area (TPSA) is 58.9 Å². The number of carbonyl (C=O) groups excluding carboxylic acids is 2. The number of isocyanates is 2. The van der Waals surface area contributed by atoms with E-state index in [1.165, 1.54) is 0 Å². The van der Waals surface area contributed by atoms with Gasteiger partial charge in [-0.3, -0.25) is 0 Å². The van der Waals surface area contributed by atoms with Gasteiger partial charge in [0, 0.05) is 27.6 Å². The third kappa shape index (κ3) is 5.96. The molecule has 0 spiro atoms. The van der Waals surface area contributed by atoms with Crippen LogP contribution in [0.4, 0.5) is 11.4 Å². The summed E-state index contributed by atoms with van der Waals surface area (Å²) in [6.07, 6.45) is 12.4. The summed E-state index contributed by atoms with van der Waals surface area (Å²) in [5, 5.41) is 0.969. The monoisotopic (exact) mass is 478 g/mol. The summed E-state index contributed by atoms with van der Waals surface area (Å²) in [5.74, 6) is 0. The van der Waals surface area contributed by atoms with Crippen molar-refractivity contribution in [3.8, 4) is 0 Å². The Balaban J connectivity index is 2.80. The first-order valence-electron chi connectivity index (χ1n) is 10.2. The number of nitrogens with zero attached hydrogens (tertiary/aromatic N) is 2. The van der Waals surface area contributed by atoms with Crippen molar-refractivity contribution in [2.75, 3.05) is 0 Å². The van der Waals surface area contributed by atoms with Crippen LogP contribution in [0.5, 0.6) is 0 Å². The zero-order valence-corrected chi connectivity index (χ0v) is 19.8. The normalized spacial score (nSPS) is 10.0. The van der Waals surface area contributed by atoms with E-state index >= 15 is 0 Å². The van der Waals surface area contributed by atoms with Gasteiger partial charge in [-0.05, 0) is 47.9 Å². The molecule has 0 N–H and O–H groups in total. The lowest BCUT2D eigenvalue weighted by atomic mass is 9.91. The van der Waals surface area contributed by atoms with Gasteiger partial charge in [-0.25, -0.2) is 9.59 Å². The lowest BCUT2D eigenvalue weighted by Gasteiger charge is -2.18. The van der Waals surface area contributed by atoms with Crippen molar-refractivity contribution < 1.29 is 9.59 Å². The first-order valence-corrected chi connectivity index (χ1v) is 11.0. The number of hydrogen-bond donors (Lipinski definition) is 0. The van der Waals surface area contributed by atoms with E-state index in [9.17, 15) is 9.59 Å². The predicted molar refractivity (Wildman–Crippen MR) is 137 cm³/mol. The lowest BCUT2D eigenvalue weighted by Crippen LogP contribution is -2.02. The molecule has 0 radical (unpaired) electrons. The van der Waals surface area contributed by atoms with Crippen LogP contribution in [0.2, 0.25) is 10.0 Å². The third-order valence-electron chi connectivity index (χ3n) is 5.09. The van der Waals surface area contributed by atoms with Crippen LogP contribution in [0.15, 0.2) is 72.7 Å². The molecule has 168 valence electrons. The molecular formula is C27H24Cl2N2O2. The second-order valence-corrected chi connectivity index (χ2v) is 7.98. The predicted octanol–water partition coefficient (Wildman–Crippen LogP) is 7.43. The summed E-state index contributed by atoms with van der Waals surface area (Å²) in [5.41, 5.74) is 5.61. The van der Waals surface area contributed by atoms with E-state index in [0.717, 1.165) is 22.3 Å². The summed E-state index contributed by atoms with van der Waals surface area (Å²) in [6, 6.07) is 3.81. The van der Waals surface area contributed by atoms with Gasteiger partial charge >= 0.3 is 0 Å². The van der Waals surface area contributed by atoms with Crippen LogP contribution in [0.3, 0.4) is 0 Å². The molecule has 0 unspecified atom stereocenters. The molecule has 0 atom stereocenters. The van der Waals surface area contributed by atoms with Crippen molar-refractivity contribution in [2.24, 2.45) is 9.98 Å². The van der Waals surface area contributed by atoms with Crippen molar-refractivity contribution in [1.82, 2.24) is 0 Å². The molecule has 33 heavy (non-hydrogen) atoms. The van der Waals surface area contributed by atoms with Gasteiger partial charge in [0.05, 0.1) is 11.4 Å². The van der Waals surface area contributed by atoms with Crippen molar-refractivity contribution in [2.45, 2.75) is 32.1 Å². The molecule has 0 fully saturated rings. The third-order valence-corrected chi connectivity index (χ3v) is 6.03. The molecule has 4 nitrogen and oxygen atoms in total. The molecule has 0 aromatic heterocycles. The average molecular weight is 479 g/mol. The smallest absolute Gasteiger partial charge is 0.211 e. The molecule has 2 aromatic carbocycles. The summed E-state index contributed by atoms with van der Waals surface area (Å²) in [4.78, 5) is 29.9. The van der Waals surface area contributed by atoms with Gasteiger partial charge < -0.3 is 0 Å². The fraction of sp³-hybridized carbons (Fsp3) is 0.185. The van der Waals surface area contributed by atoms with E-state index in [-0.39, 0.29) is 0 Å². The molecule has 0 aliphatic rings. The maximum Gasteiger partial charge on any atom is 0.240 e. The highest BCUT2D eigenvalue weighted by Crippen LogP contribution is 2.40. The van der Waals surface area contributed by atoms with Gasteiger partial charge in [0.1, 0.15) is 0 Å². The Morgan fingerprint density at radius 2 is 1.03 bits per heavy atom. The summed E-state index contributed by atoms with van der Waals surface area (Å²) < 4.78 is 0. The quantitative estimate of drug-likeness (QED) is 0.181. The Hall–Kier alpha value is -3.26. The van der Waals surface area contributed by atoms with Gasteiger partial charge in [-0.15, -0.1) is 26.3 Å². The first kappa shape index (κ1) is 26.0. The number of allylic oxidation sites excluding steroid dienone is 4. The molecule has 0 amide bonds. The summed E-state index contributed by atoms with van der Waals surface area (Å²) in [6.45, 7) is 15.2. The highest BCUT2D eigenvalue weighted by atomic mass is 35.5. The minimum absolute atomic E-state index is 0.413. The summed E-state index contributed by atoms with van der Waals surface area (Å²) in [7, 11) is 0. The van der Waals surface area contributed by atoms with Crippen LogP contribution in [0.1, 0.15) is 33.4 Å². The van der Waals surface area contributed by atoms with Crippen molar-refractivity contribution >= 4 is 46.7 Å². The van der Waals surface area contributed by atoms with Crippen molar-refractivity contribution in [1.29, 1.82) is 0 Å². The molecule has 0 aliphatic carbocycles. The molecule has 0 aliphatic heterocycles. The number of benzene rings is 2. The van der Waals surface area contributed by atoms with E-state index in [0.29, 0.717) is 64.7 Å². The number of hydrogen-bond acceptors (Lipinski definition) is 4. The largest absolute Gasteiger partial charge is 0.240 e. The van der Waals surface area contributed by atoms with Gasteiger partial charge in [-0.1, -0.05) is 59.6 Å². The zero-order valence-electron chi connectivity index (χ0n) is 18.3. The van der Waals surface area contributed by atoms with Crippen LogP contribution in [0, 0.1) is 0 Å². The van der Waals surface area contributed by atoms with Gasteiger partial charge in [0.15, 0.2) is 0 Å². The van der Waals surface area contributed by atoms with Crippen molar-refractivity contribution in [3.05, 3.63) is 106 Å². The van der Waals surface area contributed by atoms with Gasteiger partial charge in [0.25, 0.3) is 0 Å². The number of halogens is 2. The van der Waals surface area contributed by atoms with Crippen LogP contribution in [-0.2, 0) is 41.7 Å². The van der Waals surface area contributed by atoms with Crippen LogP contribution < -0.4 is 0 Å². The Labute approximate surface area is 204 Å². The molecule has 0 saturated heterocycles. The Morgan fingerprint density at radius 1 is 0.667 bits per heavy atom. The van der Waals surface area contributed by atoms with Gasteiger partial charge in [-0.2, -0.15) is 9.98 Å². The Kier molecular flexibility index (Phi) is 10.00. The second kappa shape index (κ2) is 12.7. The molecule has 6 heteroatoms. The standard InChI is InChI=1S/C27H24Cl2N2O2/c1-5-9-18-13-20(24(28)22(11-7-3)26(18)30-16-32)15-21-14-19(10-6-2)27(31-17-33)23(12-8-4)25(21)29/h5-8,13-14H,1-4,9-12,15H2. The van der Waals surface area contributed by atoms with Crippen molar-refractivity contribution in [3.63, 3.8) is 0 Å². The average Bonchev–Trinajstić information content (AvgIpc) is 2.79. The highest BCUT2D eigenvalue weighted by molar-refractivity contribution is 6.33. The Bertz CT molecular complexity index is 1110. The van der Waals surface area contributed by atoms with E-state index < -0.39 is 0 Å². The lowest BCUT2D eigenvalue weighted by molar-refractivity contribution is 0.564. The van der Waals surface area contributed by atoms with Crippen LogP contribution >= 0.6 is 23.2 Å². The zero-order chi connectivity index (χ0) is 24.4. The van der Waals surface area contributed by atoms with Gasteiger partial charge in [0.2, 0.25) is 12.2 Å². The maximum atomic E-state index is 11.0. The fourth-order valence-corrected chi connectivity index (χ4v) is 4.36. The molecule has 0 heterocycles. The Morgan fingerprint density at radius 3 is 1.33 bits per heavy atom. The van der Waals surface area contributed by atoms with E-state index in [2.05, 4.69) is 36.3 Å². The first-order chi connectivity index (χ1) is 16.0. The number of rotatable bonds is 12. The highest BCUT2D eigenvalue weighted by Gasteiger charge is 2.20. The van der Waals surface area contributed by atoms with Crippen LogP contribution in [0.25, 0.3) is 0 Å². The maximum absolute atomic E-state index is 11.0. The number of aliphatic imine (C=N–C) groups is 2. The molecule has 0 saturated carbocycles. The molecular weight excluding hydrogens is 455 g/mol. The minimum Gasteiger partial charge on any atom is -0.211 e. The van der Waals surface area contributed by atoms with E-state index in [1.807, 2.05) is 12.1 Å². The molecule has 0 bridgehead atoms. The van der Waals surface area contributed by atoms with E-state index in [4.69, 9.17) is 23.2 Å². The van der Waals surface area contributed by atoms with Crippen LogP contribution in [-0.4, -0.2) is 12.2 Å².